The monoisotopic (exact) mass is 256 g/mol. The second-order valence-electron chi connectivity index (χ2n) is 5.86. The zero-order valence-electron chi connectivity index (χ0n) is 12.6. The van der Waals surface area contributed by atoms with Gasteiger partial charge in [0.2, 0.25) is 0 Å². The molecule has 1 aliphatic heterocycles. The number of nitrogens with one attached hydrogen (secondary N) is 1. The molecule has 18 heavy (non-hydrogen) atoms. The molecular weight excluding hydrogens is 224 g/mol. The number of ether oxygens (including phenoxy) is 1. The Bertz CT molecular complexity index is 197. The van der Waals surface area contributed by atoms with Crippen LogP contribution in [0.25, 0.3) is 0 Å². The predicted octanol–water partition coefficient (Wildman–Crippen LogP) is 2.51. The van der Waals surface area contributed by atoms with Gasteiger partial charge in [-0.2, -0.15) is 0 Å². The van der Waals surface area contributed by atoms with Gasteiger partial charge in [0, 0.05) is 13.1 Å². The first-order valence-corrected chi connectivity index (χ1v) is 7.77. The molecule has 1 N–H and O–H groups in total. The van der Waals surface area contributed by atoms with Crippen molar-refractivity contribution in [1.29, 1.82) is 0 Å². The zero-order chi connectivity index (χ0) is 13.2. The highest BCUT2D eigenvalue weighted by atomic mass is 16.5. The first-order chi connectivity index (χ1) is 8.72. The van der Waals surface area contributed by atoms with Crippen LogP contribution in [0.15, 0.2) is 0 Å². The fourth-order valence-electron chi connectivity index (χ4n) is 2.38. The number of nitrogens with zero attached hydrogens (tertiary/aromatic N) is 1. The van der Waals surface area contributed by atoms with Crippen LogP contribution in [0.3, 0.4) is 0 Å². The van der Waals surface area contributed by atoms with Crippen molar-refractivity contribution in [1.82, 2.24) is 10.2 Å². The molecule has 0 saturated carbocycles. The van der Waals surface area contributed by atoms with Gasteiger partial charge in [-0.15, -0.1) is 0 Å². The molecule has 0 spiro atoms. The van der Waals surface area contributed by atoms with Crippen LogP contribution in [-0.2, 0) is 4.74 Å². The summed E-state index contributed by atoms with van der Waals surface area (Å²) in [4.78, 5) is 2.57. The highest BCUT2D eigenvalue weighted by Gasteiger charge is 2.17. The van der Waals surface area contributed by atoms with E-state index in [1.165, 1.54) is 32.4 Å². The Hall–Kier alpha value is -0.120. The molecule has 0 amide bonds. The fourth-order valence-corrected chi connectivity index (χ4v) is 2.38. The maximum absolute atomic E-state index is 5.69. The molecule has 0 aromatic carbocycles. The second kappa shape index (κ2) is 9.76. The van der Waals surface area contributed by atoms with E-state index in [2.05, 4.69) is 31.0 Å². The molecule has 0 aromatic heterocycles. The van der Waals surface area contributed by atoms with Crippen molar-refractivity contribution in [3.63, 3.8) is 0 Å². The van der Waals surface area contributed by atoms with Gasteiger partial charge in [-0.25, -0.2) is 0 Å². The molecule has 1 aliphatic rings. The van der Waals surface area contributed by atoms with Gasteiger partial charge in [0.05, 0.1) is 12.7 Å². The van der Waals surface area contributed by atoms with E-state index in [1.807, 2.05) is 0 Å². The van der Waals surface area contributed by atoms with Gasteiger partial charge in [-0.3, -0.25) is 4.90 Å². The fraction of sp³-hybridized carbons (Fsp3) is 1.00. The van der Waals surface area contributed by atoms with Crippen LogP contribution in [0.2, 0.25) is 0 Å². The highest BCUT2D eigenvalue weighted by Crippen LogP contribution is 2.09. The Morgan fingerprint density at radius 2 is 2.11 bits per heavy atom. The van der Waals surface area contributed by atoms with Gasteiger partial charge >= 0.3 is 0 Å². The summed E-state index contributed by atoms with van der Waals surface area (Å²) in [6, 6.07) is 0. The number of hydrogen-bond acceptors (Lipinski definition) is 3. The standard InChI is InChI=1S/C15H32N2O/c1-4-15-13-17(10-11-18-15)9-7-5-6-8-16-12-14(2)3/h14-16H,4-13H2,1-3H3. The lowest BCUT2D eigenvalue weighted by atomic mass is 10.2. The Labute approximate surface area is 113 Å². The first kappa shape index (κ1) is 15.9. The van der Waals surface area contributed by atoms with Crippen LogP contribution in [0.4, 0.5) is 0 Å². The number of morpholine rings is 1. The van der Waals surface area contributed by atoms with Crippen LogP contribution in [0, 0.1) is 5.92 Å². The molecule has 108 valence electrons. The Morgan fingerprint density at radius 1 is 1.28 bits per heavy atom. The smallest absolute Gasteiger partial charge is 0.0700 e. The van der Waals surface area contributed by atoms with Crippen molar-refractivity contribution in [3.8, 4) is 0 Å². The van der Waals surface area contributed by atoms with Crippen LogP contribution in [-0.4, -0.2) is 50.3 Å². The van der Waals surface area contributed by atoms with Crippen molar-refractivity contribution in [2.75, 3.05) is 39.3 Å². The van der Waals surface area contributed by atoms with E-state index < -0.39 is 0 Å². The first-order valence-electron chi connectivity index (χ1n) is 7.77. The van der Waals surface area contributed by atoms with E-state index in [1.54, 1.807) is 0 Å². The summed E-state index contributed by atoms with van der Waals surface area (Å²) in [6.45, 7) is 13.5. The Balaban J connectivity index is 1.91. The van der Waals surface area contributed by atoms with Gasteiger partial charge in [-0.1, -0.05) is 27.2 Å². The molecule has 1 atom stereocenters. The molecule has 0 bridgehead atoms. The number of hydrogen-bond donors (Lipinski definition) is 1. The third-order valence-corrected chi connectivity index (χ3v) is 3.56. The largest absolute Gasteiger partial charge is 0.376 e. The van der Waals surface area contributed by atoms with E-state index in [0.717, 1.165) is 38.6 Å². The minimum atomic E-state index is 0.478. The minimum Gasteiger partial charge on any atom is -0.376 e. The molecule has 0 radical (unpaired) electrons. The SMILES string of the molecule is CCC1CN(CCCCCNCC(C)C)CCO1. The van der Waals surface area contributed by atoms with Crippen molar-refractivity contribution < 1.29 is 4.74 Å². The molecule has 1 heterocycles. The van der Waals surface area contributed by atoms with E-state index in [4.69, 9.17) is 4.74 Å². The highest BCUT2D eigenvalue weighted by molar-refractivity contribution is 4.70. The maximum atomic E-state index is 5.69. The summed E-state index contributed by atoms with van der Waals surface area (Å²) in [5.41, 5.74) is 0. The average molecular weight is 256 g/mol. The van der Waals surface area contributed by atoms with E-state index in [-0.39, 0.29) is 0 Å². The van der Waals surface area contributed by atoms with Crippen LogP contribution in [0.5, 0.6) is 0 Å². The molecule has 1 saturated heterocycles. The third kappa shape index (κ3) is 7.34. The molecular formula is C15H32N2O. The van der Waals surface area contributed by atoms with E-state index >= 15 is 0 Å². The summed E-state index contributed by atoms with van der Waals surface area (Å²) < 4.78 is 5.69. The van der Waals surface area contributed by atoms with Crippen molar-refractivity contribution >= 4 is 0 Å². The summed E-state index contributed by atoms with van der Waals surface area (Å²) in [7, 11) is 0. The molecule has 1 fully saturated rings. The van der Waals surface area contributed by atoms with Crippen LogP contribution < -0.4 is 5.32 Å². The van der Waals surface area contributed by atoms with Gasteiger partial charge in [0.15, 0.2) is 0 Å². The van der Waals surface area contributed by atoms with Gasteiger partial charge in [0.1, 0.15) is 0 Å². The molecule has 0 aromatic rings. The van der Waals surface area contributed by atoms with Crippen molar-refractivity contribution in [3.05, 3.63) is 0 Å². The van der Waals surface area contributed by atoms with Crippen molar-refractivity contribution in [2.45, 2.75) is 52.6 Å². The average Bonchev–Trinajstić information content (AvgIpc) is 2.37. The van der Waals surface area contributed by atoms with Gasteiger partial charge < -0.3 is 10.1 Å². The normalized spacial score (nSPS) is 21.7. The second-order valence-corrected chi connectivity index (χ2v) is 5.86. The summed E-state index contributed by atoms with van der Waals surface area (Å²) >= 11 is 0. The Kier molecular flexibility index (Phi) is 8.64. The van der Waals surface area contributed by atoms with Gasteiger partial charge in [0.25, 0.3) is 0 Å². The van der Waals surface area contributed by atoms with Crippen molar-refractivity contribution in [2.24, 2.45) is 5.92 Å². The van der Waals surface area contributed by atoms with E-state index in [9.17, 15) is 0 Å². The Morgan fingerprint density at radius 3 is 2.83 bits per heavy atom. The zero-order valence-corrected chi connectivity index (χ0v) is 12.6. The minimum absolute atomic E-state index is 0.478. The molecule has 1 unspecified atom stereocenters. The van der Waals surface area contributed by atoms with E-state index in [0.29, 0.717) is 6.10 Å². The maximum Gasteiger partial charge on any atom is 0.0700 e. The molecule has 3 heteroatoms. The van der Waals surface area contributed by atoms with Crippen LogP contribution >= 0.6 is 0 Å². The lowest BCUT2D eigenvalue weighted by Gasteiger charge is -2.32. The summed E-state index contributed by atoms with van der Waals surface area (Å²) in [6.07, 6.45) is 5.62. The summed E-state index contributed by atoms with van der Waals surface area (Å²) in [5, 5.41) is 3.51. The molecule has 1 rings (SSSR count). The lowest BCUT2D eigenvalue weighted by Crippen LogP contribution is -2.42. The molecule has 3 nitrogen and oxygen atoms in total. The number of unbranched alkanes of at least 4 members (excludes halogenated alkanes) is 2. The lowest BCUT2D eigenvalue weighted by molar-refractivity contribution is -0.0299. The topological polar surface area (TPSA) is 24.5 Å². The third-order valence-electron chi connectivity index (χ3n) is 3.56. The molecule has 0 aliphatic carbocycles. The van der Waals surface area contributed by atoms with Crippen LogP contribution in [0.1, 0.15) is 46.5 Å². The summed E-state index contributed by atoms with van der Waals surface area (Å²) in [5.74, 6) is 0.768. The quantitative estimate of drug-likeness (QED) is 0.642. The van der Waals surface area contributed by atoms with Gasteiger partial charge in [-0.05, 0) is 44.8 Å². The number of rotatable bonds is 9. The predicted molar refractivity (Wildman–Crippen MR) is 78.0 cm³/mol.